The third-order valence-electron chi connectivity index (χ3n) is 3.82. The molecule has 0 radical (unpaired) electrons. The summed E-state index contributed by atoms with van der Waals surface area (Å²) in [4.78, 5) is 8.74. The predicted octanol–water partition coefficient (Wildman–Crippen LogP) is 2.90. The van der Waals surface area contributed by atoms with Crippen molar-refractivity contribution < 1.29 is 4.74 Å². The van der Waals surface area contributed by atoms with E-state index in [4.69, 9.17) is 10.5 Å². The zero-order chi connectivity index (χ0) is 14.8. The van der Waals surface area contributed by atoms with E-state index in [1.807, 2.05) is 25.4 Å². The van der Waals surface area contributed by atoms with Gasteiger partial charge in [0.2, 0.25) is 0 Å². The summed E-state index contributed by atoms with van der Waals surface area (Å²) in [6, 6.07) is 6.17. The van der Waals surface area contributed by atoms with E-state index < -0.39 is 0 Å². The van der Waals surface area contributed by atoms with Gasteiger partial charge in [-0.2, -0.15) is 0 Å². The van der Waals surface area contributed by atoms with Crippen LogP contribution in [0.3, 0.4) is 0 Å². The van der Waals surface area contributed by atoms with Crippen LogP contribution in [0.2, 0.25) is 0 Å². The van der Waals surface area contributed by atoms with Crippen molar-refractivity contribution in [2.45, 2.75) is 36.2 Å². The quantitative estimate of drug-likeness (QED) is 0.883. The number of aromatic nitrogens is 2. The molecule has 110 valence electrons. The Morgan fingerprint density at radius 3 is 2.76 bits per heavy atom. The van der Waals surface area contributed by atoms with Crippen molar-refractivity contribution in [3.05, 3.63) is 47.3 Å². The van der Waals surface area contributed by atoms with Gasteiger partial charge in [-0.25, -0.2) is 9.97 Å². The number of thioether (sulfide) groups is 1. The van der Waals surface area contributed by atoms with Crippen molar-refractivity contribution in [2.24, 2.45) is 5.73 Å². The molecule has 0 fully saturated rings. The molecule has 0 saturated heterocycles. The summed E-state index contributed by atoms with van der Waals surface area (Å²) in [5.41, 5.74) is 10.0. The Bertz CT molecular complexity index is 630. The highest BCUT2D eigenvalue weighted by molar-refractivity contribution is 7.99. The number of hydrogen-bond donors (Lipinski definition) is 1. The normalized spacial score (nSPS) is 20.9. The van der Waals surface area contributed by atoms with Crippen LogP contribution in [0.15, 0.2) is 35.7 Å². The summed E-state index contributed by atoms with van der Waals surface area (Å²) in [7, 11) is 1.68. The molecule has 1 heterocycles. The molecular formula is C16H19N3OS. The minimum Gasteiger partial charge on any atom is -0.497 e. The Morgan fingerprint density at radius 2 is 2.05 bits per heavy atom. The number of hydrogen-bond acceptors (Lipinski definition) is 5. The van der Waals surface area contributed by atoms with Crippen LogP contribution in [0.25, 0.3) is 0 Å². The second-order valence-electron chi connectivity index (χ2n) is 5.33. The van der Waals surface area contributed by atoms with Gasteiger partial charge in [-0.05, 0) is 48.6 Å². The number of nitrogens with two attached hydrogens (primary N) is 1. The highest BCUT2D eigenvalue weighted by atomic mass is 32.2. The molecule has 1 aromatic carbocycles. The third kappa shape index (κ3) is 3.04. The van der Waals surface area contributed by atoms with E-state index >= 15 is 0 Å². The molecule has 21 heavy (non-hydrogen) atoms. The van der Waals surface area contributed by atoms with E-state index in [0.29, 0.717) is 5.25 Å². The van der Waals surface area contributed by atoms with E-state index in [-0.39, 0.29) is 6.04 Å². The largest absolute Gasteiger partial charge is 0.497 e. The van der Waals surface area contributed by atoms with Gasteiger partial charge < -0.3 is 10.5 Å². The molecule has 5 heteroatoms. The number of aryl methyl sites for hydroxylation is 2. The predicted molar refractivity (Wildman–Crippen MR) is 84.7 cm³/mol. The van der Waals surface area contributed by atoms with Crippen LogP contribution in [-0.4, -0.2) is 22.3 Å². The maximum atomic E-state index is 6.46. The topological polar surface area (TPSA) is 61.0 Å². The van der Waals surface area contributed by atoms with Crippen molar-refractivity contribution in [3.8, 4) is 5.75 Å². The molecule has 0 aliphatic heterocycles. The third-order valence-corrected chi connectivity index (χ3v) is 5.08. The summed E-state index contributed by atoms with van der Waals surface area (Å²) in [6.45, 7) is 1.99. The van der Waals surface area contributed by atoms with Gasteiger partial charge in [0.05, 0.1) is 7.11 Å². The molecule has 0 bridgehead atoms. The van der Waals surface area contributed by atoms with E-state index in [1.165, 1.54) is 11.1 Å². The van der Waals surface area contributed by atoms with Gasteiger partial charge in [-0.1, -0.05) is 17.8 Å². The van der Waals surface area contributed by atoms with Gasteiger partial charge >= 0.3 is 0 Å². The van der Waals surface area contributed by atoms with Crippen molar-refractivity contribution in [1.29, 1.82) is 0 Å². The molecule has 2 unspecified atom stereocenters. The van der Waals surface area contributed by atoms with Gasteiger partial charge in [0.1, 0.15) is 5.75 Å². The second-order valence-corrected chi connectivity index (χ2v) is 6.53. The molecule has 2 atom stereocenters. The van der Waals surface area contributed by atoms with Crippen LogP contribution in [0.1, 0.15) is 29.2 Å². The average Bonchev–Trinajstić information content (AvgIpc) is 2.52. The van der Waals surface area contributed by atoms with Crippen molar-refractivity contribution in [1.82, 2.24) is 9.97 Å². The van der Waals surface area contributed by atoms with E-state index in [0.717, 1.165) is 29.3 Å². The highest BCUT2D eigenvalue weighted by Crippen LogP contribution is 2.38. The zero-order valence-corrected chi connectivity index (χ0v) is 13.1. The molecule has 0 saturated carbocycles. The van der Waals surface area contributed by atoms with Crippen molar-refractivity contribution in [2.75, 3.05) is 7.11 Å². The molecule has 0 amide bonds. The first-order valence-corrected chi connectivity index (χ1v) is 7.93. The minimum atomic E-state index is -0.0150. The first-order chi connectivity index (χ1) is 10.2. The Kier molecular flexibility index (Phi) is 4.12. The molecular weight excluding hydrogens is 282 g/mol. The number of ether oxygens (including phenoxy) is 1. The van der Waals surface area contributed by atoms with Gasteiger partial charge in [0.25, 0.3) is 0 Å². The Hall–Kier alpha value is -1.59. The zero-order valence-electron chi connectivity index (χ0n) is 12.2. The smallest absolute Gasteiger partial charge is 0.187 e. The lowest BCUT2D eigenvalue weighted by atomic mass is 9.87. The van der Waals surface area contributed by atoms with Gasteiger partial charge in [-0.3, -0.25) is 0 Å². The first-order valence-electron chi connectivity index (χ1n) is 7.05. The fourth-order valence-electron chi connectivity index (χ4n) is 2.62. The van der Waals surface area contributed by atoms with Crippen molar-refractivity contribution in [3.63, 3.8) is 0 Å². The number of rotatable bonds is 3. The van der Waals surface area contributed by atoms with Crippen molar-refractivity contribution >= 4 is 11.8 Å². The molecule has 2 aromatic rings. The molecule has 2 N–H and O–H groups in total. The minimum absolute atomic E-state index is 0.0150. The molecule has 1 aliphatic rings. The molecule has 3 rings (SSSR count). The monoisotopic (exact) mass is 301 g/mol. The van der Waals surface area contributed by atoms with Gasteiger partial charge in [0.15, 0.2) is 5.16 Å². The average molecular weight is 301 g/mol. The fraction of sp³-hybridized carbons (Fsp3) is 0.375. The van der Waals surface area contributed by atoms with Crippen LogP contribution in [-0.2, 0) is 6.42 Å². The fourth-order valence-corrected chi connectivity index (χ4v) is 3.65. The Morgan fingerprint density at radius 1 is 1.29 bits per heavy atom. The standard InChI is InChI=1S/C16H19N3OS/c1-10-8-18-16(19-9-10)21-14-6-4-11-3-5-12(20-2)7-13(11)15(14)17/h3,5,7-9,14-15H,4,6,17H2,1-2H3. The van der Waals surface area contributed by atoms with E-state index in [2.05, 4.69) is 22.1 Å². The Balaban J connectivity index is 1.81. The lowest BCUT2D eigenvalue weighted by Crippen LogP contribution is -2.29. The number of methoxy groups -OCH3 is 1. The molecule has 4 nitrogen and oxygen atoms in total. The first kappa shape index (κ1) is 14.4. The molecule has 1 aliphatic carbocycles. The van der Waals surface area contributed by atoms with Crippen LogP contribution >= 0.6 is 11.8 Å². The van der Waals surface area contributed by atoms with Crippen LogP contribution in [0.5, 0.6) is 5.75 Å². The van der Waals surface area contributed by atoms with Crippen LogP contribution in [0, 0.1) is 6.92 Å². The van der Waals surface area contributed by atoms with Gasteiger partial charge in [0, 0.05) is 23.7 Å². The van der Waals surface area contributed by atoms with Crippen LogP contribution in [0.4, 0.5) is 0 Å². The number of nitrogens with zero attached hydrogens (tertiary/aromatic N) is 2. The lowest BCUT2D eigenvalue weighted by Gasteiger charge is -2.30. The van der Waals surface area contributed by atoms with E-state index in [1.54, 1.807) is 18.9 Å². The summed E-state index contributed by atoms with van der Waals surface area (Å²) >= 11 is 1.67. The van der Waals surface area contributed by atoms with Gasteiger partial charge in [-0.15, -0.1) is 0 Å². The molecule has 0 spiro atoms. The number of fused-ring (bicyclic) bond motifs is 1. The number of benzene rings is 1. The molecule has 1 aromatic heterocycles. The second kappa shape index (κ2) is 6.03. The van der Waals surface area contributed by atoms with E-state index in [9.17, 15) is 0 Å². The SMILES string of the molecule is COc1ccc2c(c1)C(N)C(Sc1ncc(C)cn1)CC2. The maximum absolute atomic E-state index is 6.46. The maximum Gasteiger partial charge on any atom is 0.187 e. The summed E-state index contributed by atoms with van der Waals surface area (Å²) in [6.07, 6.45) is 5.78. The summed E-state index contributed by atoms with van der Waals surface area (Å²) in [5, 5.41) is 1.10. The summed E-state index contributed by atoms with van der Waals surface area (Å²) in [5.74, 6) is 0.862. The lowest BCUT2D eigenvalue weighted by molar-refractivity contribution is 0.412. The Labute approximate surface area is 129 Å². The summed E-state index contributed by atoms with van der Waals surface area (Å²) < 4.78 is 5.31. The highest BCUT2D eigenvalue weighted by Gasteiger charge is 2.28. The van der Waals surface area contributed by atoms with Crippen LogP contribution < -0.4 is 10.5 Å².